The first-order valence-corrected chi connectivity index (χ1v) is 11.8. The topological polar surface area (TPSA) is 38.4 Å². The number of nitrogens with zero attached hydrogens (tertiary/aromatic N) is 1. The van der Waals surface area contributed by atoms with E-state index in [0.29, 0.717) is 5.84 Å². The highest BCUT2D eigenvalue weighted by Gasteiger charge is 2.08. The van der Waals surface area contributed by atoms with Crippen LogP contribution in [0.2, 0.25) is 0 Å². The SMILES string of the molecule is Bc1cc(Br)cc(/C(N)=N/C(=C\C(=C/C)c2ccc3ccccc3c2)c2ccc(C)cc2)c1. The van der Waals surface area contributed by atoms with Crippen molar-refractivity contribution in [1.29, 1.82) is 0 Å². The van der Waals surface area contributed by atoms with Gasteiger partial charge in [0.05, 0.1) is 5.70 Å². The maximum atomic E-state index is 6.50. The average molecular weight is 493 g/mol. The highest BCUT2D eigenvalue weighted by Crippen LogP contribution is 2.27. The largest absolute Gasteiger partial charge is 0.383 e. The van der Waals surface area contributed by atoms with E-state index in [1.54, 1.807) is 0 Å². The molecule has 2 N–H and O–H groups in total. The summed E-state index contributed by atoms with van der Waals surface area (Å²) in [7, 11) is 2.05. The second kappa shape index (κ2) is 10.1. The predicted molar refractivity (Wildman–Crippen MR) is 150 cm³/mol. The van der Waals surface area contributed by atoms with E-state index in [4.69, 9.17) is 10.7 Å². The van der Waals surface area contributed by atoms with Gasteiger partial charge in [-0.1, -0.05) is 106 Å². The molecule has 0 radical (unpaired) electrons. The van der Waals surface area contributed by atoms with E-state index >= 15 is 0 Å². The van der Waals surface area contributed by atoms with Gasteiger partial charge < -0.3 is 5.73 Å². The number of hydrogen-bond donors (Lipinski definition) is 1. The Labute approximate surface area is 205 Å². The predicted octanol–water partition coefficient (Wildman–Crippen LogP) is 6.02. The molecule has 0 spiro atoms. The van der Waals surface area contributed by atoms with Gasteiger partial charge in [0.25, 0.3) is 0 Å². The lowest BCUT2D eigenvalue weighted by molar-refractivity contribution is 1.41. The number of fused-ring (bicyclic) bond motifs is 1. The number of amidine groups is 1. The van der Waals surface area contributed by atoms with Crippen molar-refractivity contribution < 1.29 is 0 Å². The fourth-order valence-electron chi connectivity index (χ4n) is 3.83. The van der Waals surface area contributed by atoms with Crippen LogP contribution < -0.4 is 11.2 Å². The molecule has 0 unspecified atom stereocenters. The van der Waals surface area contributed by atoms with Gasteiger partial charge in [0.1, 0.15) is 13.7 Å². The first-order valence-electron chi connectivity index (χ1n) is 11.0. The molecule has 0 atom stereocenters. The molecule has 0 heterocycles. The summed E-state index contributed by atoms with van der Waals surface area (Å²) in [5.41, 5.74) is 13.8. The third-order valence-electron chi connectivity index (χ3n) is 5.61. The Bertz CT molecular complexity index is 1380. The molecule has 33 heavy (non-hydrogen) atoms. The molecule has 0 aliphatic heterocycles. The van der Waals surface area contributed by atoms with Gasteiger partial charge in [0, 0.05) is 15.6 Å². The monoisotopic (exact) mass is 492 g/mol. The van der Waals surface area contributed by atoms with Gasteiger partial charge in [0.2, 0.25) is 0 Å². The molecular weight excluding hydrogens is 467 g/mol. The molecule has 0 amide bonds. The molecule has 4 aromatic rings. The highest BCUT2D eigenvalue weighted by molar-refractivity contribution is 9.10. The van der Waals surface area contributed by atoms with Crippen LogP contribution in [0.4, 0.5) is 0 Å². The minimum absolute atomic E-state index is 0.486. The number of nitrogens with two attached hydrogens (primary N) is 1. The number of allylic oxidation sites excluding steroid dienone is 3. The summed E-state index contributed by atoms with van der Waals surface area (Å²) >= 11 is 3.57. The smallest absolute Gasteiger partial charge is 0.139 e. The maximum absolute atomic E-state index is 6.50. The van der Waals surface area contributed by atoms with E-state index < -0.39 is 0 Å². The van der Waals surface area contributed by atoms with Crippen molar-refractivity contribution in [3.8, 4) is 0 Å². The van der Waals surface area contributed by atoms with E-state index in [2.05, 4.69) is 129 Å². The zero-order valence-electron chi connectivity index (χ0n) is 19.1. The molecule has 4 aromatic carbocycles. The Morgan fingerprint density at radius 3 is 2.24 bits per heavy atom. The van der Waals surface area contributed by atoms with Gasteiger partial charge in [-0.2, -0.15) is 0 Å². The third-order valence-corrected chi connectivity index (χ3v) is 6.07. The number of halogens is 1. The van der Waals surface area contributed by atoms with Crippen molar-refractivity contribution >= 4 is 57.1 Å². The van der Waals surface area contributed by atoms with E-state index in [1.165, 1.54) is 16.3 Å². The van der Waals surface area contributed by atoms with Crippen molar-refractivity contribution in [2.24, 2.45) is 10.7 Å². The Kier molecular flexibility index (Phi) is 6.95. The van der Waals surface area contributed by atoms with Gasteiger partial charge in [-0.05, 0) is 54.0 Å². The summed E-state index contributed by atoms with van der Waals surface area (Å²) in [6.07, 6.45) is 4.24. The molecule has 4 rings (SSSR count). The van der Waals surface area contributed by atoms with Crippen molar-refractivity contribution in [3.63, 3.8) is 0 Å². The fraction of sp³-hybridized carbons (Fsp3) is 0.0690. The Morgan fingerprint density at radius 2 is 1.55 bits per heavy atom. The summed E-state index contributed by atoms with van der Waals surface area (Å²) in [4.78, 5) is 4.90. The van der Waals surface area contributed by atoms with Crippen LogP contribution in [0.1, 0.15) is 29.2 Å². The summed E-state index contributed by atoms with van der Waals surface area (Å²) in [5, 5.41) is 2.44. The minimum Gasteiger partial charge on any atom is -0.383 e. The number of rotatable bonds is 5. The molecule has 2 nitrogen and oxygen atoms in total. The molecule has 0 bridgehead atoms. The molecule has 162 valence electrons. The number of benzene rings is 4. The van der Waals surface area contributed by atoms with Crippen LogP contribution in [0.15, 0.2) is 107 Å². The summed E-state index contributed by atoms with van der Waals surface area (Å²) in [6.45, 7) is 4.14. The zero-order valence-corrected chi connectivity index (χ0v) is 20.7. The molecule has 4 heteroatoms. The third kappa shape index (κ3) is 5.53. The molecule has 0 aromatic heterocycles. The highest BCUT2D eigenvalue weighted by atomic mass is 79.9. The van der Waals surface area contributed by atoms with Crippen LogP contribution in [-0.4, -0.2) is 13.7 Å². The van der Waals surface area contributed by atoms with Gasteiger partial charge in [-0.3, -0.25) is 0 Å². The van der Waals surface area contributed by atoms with Crippen molar-refractivity contribution in [2.75, 3.05) is 0 Å². The van der Waals surface area contributed by atoms with Crippen molar-refractivity contribution in [2.45, 2.75) is 13.8 Å². The first kappa shape index (κ1) is 22.8. The van der Waals surface area contributed by atoms with E-state index in [9.17, 15) is 0 Å². The van der Waals surface area contributed by atoms with Crippen LogP contribution in [0.5, 0.6) is 0 Å². The molecule has 0 fully saturated rings. The summed E-state index contributed by atoms with van der Waals surface area (Å²) in [6, 6.07) is 29.5. The van der Waals surface area contributed by atoms with Crippen LogP contribution in [0, 0.1) is 6.92 Å². The quantitative estimate of drug-likeness (QED) is 0.157. The van der Waals surface area contributed by atoms with Crippen LogP contribution in [-0.2, 0) is 0 Å². The van der Waals surface area contributed by atoms with Crippen LogP contribution in [0.25, 0.3) is 22.0 Å². The lowest BCUT2D eigenvalue weighted by Gasteiger charge is -2.10. The fourth-order valence-corrected chi connectivity index (χ4v) is 4.44. The molecule has 0 aliphatic rings. The lowest BCUT2D eigenvalue weighted by Crippen LogP contribution is -2.16. The molecule has 0 saturated carbocycles. The minimum atomic E-state index is 0.486. The number of aliphatic imine (C=N–C) groups is 1. The summed E-state index contributed by atoms with van der Waals surface area (Å²) in [5.74, 6) is 0.486. The first-order chi connectivity index (χ1) is 15.9. The van der Waals surface area contributed by atoms with Crippen molar-refractivity contribution in [1.82, 2.24) is 0 Å². The lowest BCUT2D eigenvalue weighted by atomic mass is 9.94. The van der Waals surface area contributed by atoms with E-state index in [-0.39, 0.29) is 0 Å². The van der Waals surface area contributed by atoms with Gasteiger partial charge >= 0.3 is 0 Å². The van der Waals surface area contributed by atoms with E-state index in [1.807, 2.05) is 6.07 Å². The summed E-state index contributed by atoms with van der Waals surface area (Å²) < 4.78 is 0.988. The number of hydrogen-bond acceptors (Lipinski definition) is 1. The van der Waals surface area contributed by atoms with Crippen LogP contribution in [0.3, 0.4) is 0 Å². The normalized spacial score (nSPS) is 12.9. The second-order valence-corrected chi connectivity index (χ2v) is 9.13. The standard InChI is InChI=1S/C29H26BBrN2/c1-3-20(24-13-12-21-6-4-5-7-23(21)14-24)17-28(22-10-8-19(2)9-11-22)33-29(32)25-15-26(30)18-27(31)16-25/h3-18H,30H2,1-2H3,(H2,32,33)/b20-3+,28-17-. The van der Waals surface area contributed by atoms with Gasteiger partial charge in [-0.25, -0.2) is 4.99 Å². The van der Waals surface area contributed by atoms with Gasteiger partial charge in [-0.15, -0.1) is 0 Å². The zero-order chi connectivity index (χ0) is 23.4. The molecular formula is C29H26BBrN2. The molecule has 0 saturated heterocycles. The van der Waals surface area contributed by atoms with Crippen LogP contribution >= 0.6 is 15.9 Å². The Hall–Kier alpha value is -3.37. The average Bonchev–Trinajstić information content (AvgIpc) is 2.81. The maximum Gasteiger partial charge on any atom is 0.139 e. The Morgan fingerprint density at radius 1 is 0.848 bits per heavy atom. The second-order valence-electron chi connectivity index (χ2n) is 8.22. The number of aryl methyl sites for hydroxylation is 1. The van der Waals surface area contributed by atoms with E-state index in [0.717, 1.165) is 37.9 Å². The Balaban J connectivity index is 1.82. The van der Waals surface area contributed by atoms with Gasteiger partial charge in [0.15, 0.2) is 0 Å². The van der Waals surface area contributed by atoms with Crippen molar-refractivity contribution in [3.05, 3.63) is 124 Å². The molecule has 0 aliphatic carbocycles.